The molecule has 4 aliphatic carbocycles. The zero-order chi connectivity index (χ0) is 19.8. The topological polar surface area (TPSA) is 79.5 Å². The number of nitrogens with zero attached hydrogens (tertiary/aromatic N) is 3. The predicted octanol–water partition coefficient (Wildman–Crippen LogP) is 2.67. The van der Waals surface area contributed by atoms with Gasteiger partial charge in [0.05, 0.1) is 12.0 Å². The second-order valence-electron chi connectivity index (χ2n) is 9.66. The molecule has 2 heterocycles. The average Bonchev–Trinajstić information content (AvgIpc) is 3.25. The molecule has 6 atom stereocenters. The summed E-state index contributed by atoms with van der Waals surface area (Å²) in [6.45, 7) is 3.12. The van der Waals surface area contributed by atoms with Gasteiger partial charge >= 0.3 is 0 Å². The molecule has 0 spiro atoms. The van der Waals surface area contributed by atoms with E-state index in [9.17, 15) is 9.90 Å². The Hall–Kier alpha value is -2.21. The molecule has 6 heteroatoms. The summed E-state index contributed by atoms with van der Waals surface area (Å²) in [5, 5.41) is 18.8. The van der Waals surface area contributed by atoms with Crippen LogP contribution in [0.5, 0.6) is 0 Å². The molecule has 4 bridgehead atoms. The van der Waals surface area contributed by atoms with Gasteiger partial charge in [-0.15, -0.1) is 10.2 Å². The van der Waals surface area contributed by atoms with Gasteiger partial charge in [-0.05, 0) is 48.5 Å². The maximum absolute atomic E-state index is 13.4. The molecular weight excluding hydrogens is 366 g/mol. The molecule has 1 aliphatic heterocycles. The zero-order valence-electron chi connectivity index (χ0n) is 16.7. The van der Waals surface area contributed by atoms with Crippen LogP contribution >= 0.6 is 0 Å². The first-order valence-corrected chi connectivity index (χ1v) is 10.9. The molecule has 1 saturated heterocycles. The standard InChI is InChI=1S/C23H27N3O3/c1-13-24-25-22(29-13)15-11-26(12-15)20(27)10-23(16-5-3-2-4-6-16)17-7-14-8-19(23)18(9-17)21(14)28/h2-6,14-15,17-19,21,28H,7-12H2,1H3/t14?,17?,18?,19?,21-,23?/m0/s1. The molecule has 6 nitrogen and oxygen atoms in total. The van der Waals surface area contributed by atoms with Crippen molar-refractivity contribution >= 4 is 5.91 Å². The van der Waals surface area contributed by atoms with Crippen molar-refractivity contribution in [3.63, 3.8) is 0 Å². The number of aliphatic hydroxyl groups is 1. The first-order chi connectivity index (χ1) is 14.1. The minimum atomic E-state index is -0.175. The van der Waals surface area contributed by atoms with Gasteiger partial charge in [-0.3, -0.25) is 4.79 Å². The molecule has 0 radical (unpaired) electrons. The minimum absolute atomic E-state index is 0.122. The van der Waals surface area contributed by atoms with E-state index in [0.717, 1.165) is 19.3 Å². The molecule has 1 aromatic heterocycles. The maximum Gasteiger partial charge on any atom is 0.223 e. The minimum Gasteiger partial charge on any atom is -0.425 e. The third kappa shape index (κ3) is 2.41. The van der Waals surface area contributed by atoms with E-state index in [0.29, 0.717) is 55.0 Å². The van der Waals surface area contributed by atoms with Gasteiger partial charge in [0, 0.05) is 31.8 Å². The highest BCUT2D eigenvalue weighted by Crippen LogP contribution is 2.68. The summed E-state index contributed by atoms with van der Waals surface area (Å²) in [6, 6.07) is 10.6. The molecule has 1 aromatic carbocycles. The smallest absolute Gasteiger partial charge is 0.223 e. The second kappa shape index (κ2) is 6.14. The number of carbonyl (C=O) groups is 1. The number of rotatable bonds is 4. The van der Waals surface area contributed by atoms with Crippen LogP contribution in [0.2, 0.25) is 0 Å². The summed E-state index contributed by atoms with van der Waals surface area (Å²) in [6.07, 6.45) is 3.56. The normalized spacial score (nSPS) is 37.9. The number of aromatic nitrogens is 2. The van der Waals surface area contributed by atoms with Crippen molar-refractivity contribution < 1.29 is 14.3 Å². The van der Waals surface area contributed by atoms with Crippen LogP contribution in [0.15, 0.2) is 34.7 Å². The number of amides is 1. The van der Waals surface area contributed by atoms with E-state index in [1.54, 1.807) is 6.92 Å². The van der Waals surface area contributed by atoms with Crippen LogP contribution in [-0.4, -0.2) is 45.3 Å². The Morgan fingerprint density at radius 3 is 2.72 bits per heavy atom. The maximum atomic E-state index is 13.4. The Morgan fingerprint density at radius 2 is 2.00 bits per heavy atom. The highest BCUT2D eigenvalue weighted by Gasteiger charge is 2.66. The Bertz CT molecular complexity index is 934. The molecule has 7 rings (SSSR count). The molecule has 29 heavy (non-hydrogen) atoms. The van der Waals surface area contributed by atoms with Crippen LogP contribution in [-0.2, 0) is 10.2 Å². The molecule has 4 saturated carbocycles. The third-order valence-corrected chi connectivity index (χ3v) is 8.41. The highest BCUT2D eigenvalue weighted by molar-refractivity contribution is 5.79. The SMILES string of the molecule is Cc1nnc(C2CN(C(=O)CC3(c4ccccc4)C4CC5CC3C(C4)[C@H]5O)C2)o1. The van der Waals surface area contributed by atoms with Crippen molar-refractivity contribution in [2.45, 2.75) is 50.0 Å². The van der Waals surface area contributed by atoms with Crippen LogP contribution in [0.1, 0.15) is 48.9 Å². The molecule has 5 unspecified atom stereocenters. The summed E-state index contributed by atoms with van der Waals surface area (Å²) >= 11 is 0. The summed E-state index contributed by atoms with van der Waals surface area (Å²) in [4.78, 5) is 15.3. The number of aryl methyl sites for hydroxylation is 1. The van der Waals surface area contributed by atoms with Crippen molar-refractivity contribution in [2.75, 3.05) is 13.1 Å². The first kappa shape index (κ1) is 17.6. The van der Waals surface area contributed by atoms with Gasteiger partial charge in [-0.1, -0.05) is 30.3 Å². The van der Waals surface area contributed by atoms with Gasteiger partial charge in [0.1, 0.15) is 0 Å². The number of likely N-dealkylation sites (tertiary alicyclic amines) is 1. The second-order valence-corrected chi connectivity index (χ2v) is 9.66. The van der Waals surface area contributed by atoms with Gasteiger partial charge < -0.3 is 14.4 Å². The van der Waals surface area contributed by atoms with Crippen LogP contribution in [0, 0.1) is 30.6 Å². The van der Waals surface area contributed by atoms with Crippen molar-refractivity contribution in [3.05, 3.63) is 47.7 Å². The molecule has 1 N–H and O–H groups in total. The number of benzene rings is 1. The van der Waals surface area contributed by atoms with Gasteiger partial charge in [0.15, 0.2) is 0 Å². The van der Waals surface area contributed by atoms with Crippen LogP contribution in [0.25, 0.3) is 0 Å². The Morgan fingerprint density at radius 1 is 1.21 bits per heavy atom. The van der Waals surface area contributed by atoms with E-state index in [1.165, 1.54) is 5.56 Å². The summed E-state index contributed by atoms with van der Waals surface area (Å²) in [5.74, 6) is 3.32. The van der Waals surface area contributed by atoms with Gasteiger partial charge in [0.25, 0.3) is 0 Å². The predicted molar refractivity (Wildman–Crippen MR) is 105 cm³/mol. The van der Waals surface area contributed by atoms with E-state index in [-0.39, 0.29) is 23.3 Å². The van der Waals surface area contributed by atoms with Gasteiger partial charge in [0.2, 0.25) is 17.7 Å². The molecule has 2 aromatic rings. The number of carbonyl (C=O) groups excluding carboxylic acids is 1. The van der Waals surface area contributed by atoms with Gasteiger partial charge in [-0.2, -0.15) is 0 Å². The lowest BCUT2D eigenvalue weighted by molar-refractivity contribution is -0.138. The highest BCUT2D eigenvalue weighted by atomic mass is 16.4. The Balaban J connectivity index is 1.26. The molecule has 5 fully saturated rings. The molecular formula is C23H27N3O3. The van der Waals surface area contributed by atoms with Crippen LogP contribution in [0.3, 0.4) is 0 Å². The Labute approximate surface area is 170 Å². The lowest BCUT2D eigenvalue weighted by Crippen LogP contribution is -2.52. The van der Waals surface area contributed by atoms with Crippen molar-refractivity contribution in [2.24, 2.45) is 23.7 Å². The van der Waals surface area contributed by atoms with Gasteiger partial charge in [-0.25, -0.2) is 0 Å². The summed E-state index contributed by atoms with van der Waals surface area (Å²) < 4.78 is 5.54. The first-order valence-electron chi connectivity index (χ1n) is 10.9. The lowest BCUT2D eigenvalue weighted by Gasteiger charge is -2.47. The Kier molecular flexibility index (Phi) is 3.74. The van der Waals surface area contributed by atoms with Crippen molar-refractivity contribution in [3.8, 4) is 0 Å². The fourth-order valence-corrected chi connectivity index (χ4v) is 7.13. The molecule has 1 amide bonds. The zero-order valence-corrected chi connectivity index (χ0v) is 16.7. The molecule has 5 aliphatic rings. The quantitative estimate of drug-likeness (QED) is 0.864. The van der Waals surface area contributed by atoms with E-state index in [2.05, 4.69) is 34.5 Å². The summed E-state index contributed by atoms with van der Waals surface area (Å²) in [7, 11) is 0. The van der Waals surface area contributed by atoms with E-state index < -0.39 is 0 Å². The van der Waals surface area contributed by atoms with Crippen molar-refractivity contribution in [1.82, 2.24) is 15.1 Å². The number of hydrogen-bond acceptors (Lipinski definition) is 5. The fraction of sp³-hybridized carbons (Fsp3) is 0.609. The van der Waals surface area contributed by atoms with Crippen LogP contribution in [0.4, 0.5) is 0 Å². The fourth-order valence-electron chi connectivity index (χ4n) is 7.13. The van der Waals surface area contributed by atoms with E-state index >= 15 is 0 Å². The summed E-state index contributed by atoms with van der Waals surface area (Å²) in [5.41, 5.74) is 1.17. The van der Waals surface area contributed by atoms with Crippen LogP contribution < -0.4 is 0 Å². The van der Waals surface area contributed by atoms with E-state index in [4.69, 9.17) is 4.42 Å². The van der Waals surface area contributed by atoms with Crippen molar-refractivity contribution in [1.29, 1.82) is 0 Å². The average molecular weight is 393 g/mol. The number of hydrogen-bond donors (Lipinski definition) is 1. The molecule has 152 valence electrons. The lowest BCUT2D eigenvalue weighted by atomic mass is 9.59. The monoisotopic (exact) mass is 393 g/mol. The third-order valence-electron chi connectivity index (χ3n) is 8.41. The largest absolute Gasteiger partial charge is 0.425 e. The van der Waals surface area contributed by atoms with E-state index in [1.807, 2.05) is 11.0 Å². The number of aliphatic hydroxyl groups excluding tert-OH is 1.